The first-order valence-corrected chi connectivity index (χ1v) is 7.81. The van der Waals surface area contributed by atoms with Gasteiger partial charge in [-0.1, -0.05) is 26.0 Å². The fourth-order valence-electron chi connectivity index (χ4n) is 1.48. The van der Waals surface area contributed by atoms with E-state index >= 15 is 0 Å². The maximum atomic E-state index is 11.8. The Morgan fingerprint density at radius 2 is 1.72 bits per heavy atom. The predicted molar refractivity (Wildman–Crippen MR) is 75.9 cm³/mol. The minimum absolute atomic E-state index is 0.0448. The van der Waals surface area contributed by atoms with Crippen LogP contribution in [0.15, 0.2) is 24.3 Å². The average Bonchev–Trinajstić information content (AvgIpc) is 2.27. The molecule has 0 saturated heterocycles. The zero-order chi connectivity index (χ0) is 13.8. The molecule has 1 aromatic rings. The molecule has 1 rings (SSSR count). The van der Waals surface area contributed by atoms with Crippen LogP contribution in [-0.2, 0) is 10.0 Å². The van der Waals surface area contributed by atoms with E-state index in [9.17, 15) is 8.42 Å². The van der Waals surface area contributed by atoms with Crippen LogP contribution in [0.2, 0.25) is 0 Å². The van der Waals surface area contributed by atoms with E-state index in [0.29, 0.717) is 18.0 Å². The first kappa shape index (κ1) is 15.0. The molecule has 0 aromatic heterocycles. The molecule has 0 fully saturated rings. The van der Waals surface area contributed by atoms with E-state index in [1.807, 2.05) is 32.9 Å². The summed E-state index contributed by atoms with van der Waals surface area (Å²) in [6.45, 7) is 5.90. The first-order chi connectivity index (χ1) is 8.30. The predicted octanol–water partition coefficient (Wildman–Crippen LogP) is 2.49. The van der Waals surface area contributed by atoms with Crippen LogP contribution in [0, 0.1) is 5.92 Å². The van der Waals surface area contributed by atoms with Crippen molar-refractivity contribution in [1.29, 1.82) is 0 Å². The quantitative estimate of drug-likeness (QED) is 0.834. The van der Waals surface area contributed by atoms with E-state index in [-0.39, 0.29) is 11.8 Å². The SMILES string of the molecule is CC(C)CCS(=O)(=O)Nc1ccc(C(C)N)cc1. The molecule has 4 nitrogen and oxygen atoms in total. The summed E-state index contributed by atoms with van der Waals surface area (Å²) >= 11 is 0. The summed E-state index contributed by atoms with van der Waals surface area (Å²) in [5.41, 5.74) is 7.31. The molecule has 0 aliphatic rings. The molecule has 1 aromatic carbocycles. The third-order valence-corrected chi connectivity index (χ3v) is 3.99. The molecular weight excluding hydrogens is 248 g/mol. The maximum Gasteiger partial charge on any atom is 0.232 e. The molecule has 0 saturated carbocycles. The third-order valence-electron chi connectivity index (χ3n) is 2.67. The summed E-state index contributed by atoms with van der Waals surface area (Å²) in [6, 6.07) is 7.12. The van der Waals surface area contributed by atoms with Crippen LogP contribution >= 0.6 is 0 Å². The van der Waals surface area contributed by atoms with Gasteiger partial charge in [0.1, 0.15) is 0 Å². The molecule has 0 bridgehead atoms. The van der Waals surface area contributed by atoms with Crippen LogP contribution in [0.25, 0.3) is 0 Å². The summed E-state index contributed by atoms with van der Waals surface area (Å²) in [5.74, 6) is 0.529. The van der Waals surface area contributed by atoms with Crippen LogP contribution in [0.1, 0.15) is 38.8 Å². The van der Waals surface area contributed by atoms with Gasteiger partial charge in [0, 0.05) is 11.7 Å². The summed E-state index contributed by atoms with van der Waals surface area (Å²) in [5, 5.41) is 0. The Morgan fingerprint density at radius 3 is 2.17 bits per heavy atom. The molecule has 0 radical (unpaired) electrons. The standard InChI is InChI=1S/C13H22N2O2S/c1-10(2)8-9-18(16,17)15-13-6-4-12(5-7-13)11(3)14/h4-7,10-11,15H,8-9,14H2,1-3H3. The number of nitrogens with two attached hydrogens (primary N) is 1. The second-order valence-corrected chi connectivity index (χ2v) is 6.86. The molecule has 0 aliphatic carbocycles. The van der Waals surface area contributed by atoms with E-state index in [1.165, 1.54) is 0 Å². The van der Waals surface area contributed by atoms with Crippen LogP contribution < -0.4 is 10.5 Å². The number of sulfonamides is 1. The molecule has 102 valence electrons. The number of benzene rings is 1. The molecule has 1 atom stereocenters. The van der Waals surface area contributed by atoms with Gasteiger partial charge in [0.2, 0.25) is 10.0 Å². The summed E-state index contributed by atoms with van der Waals surface area (Å²) in [4.78, 5) is 0. The van der Waals surface area contributed by atoms with Gasteiger partial charge in [-0.25, -0.2) is 8.42 Å². The third kappa shape index (κ3) is 5.06. The van der Waals surface area contributed by atoms with Crippen LogP contribution in [0.5, 0.6) is 0 Å². The van der Waals surface area contributed by atoms with Crippen LogP contribution in [0.3, 0.4) is 0 Å². The highest BCUT2D eigenvalue weighted by atomic mass is 32.2. The second-order valence-electron chi connectivity index (χ2n) is 5.01. The van der Waals surface area contributed by atoms with Crippen LogP contribution in [0.4, 0.5) is 5.69 Å². The van der Waals surface area contributed by atoms with Crippen molar-refractivity contribution in [3.8, 4) is 0 Å². The van der Waals surface area contributed by atoms with Gasteiger partial charge in [-0.05, 0) is 37.0 Å². The molecule has 1 unspecified atom stereocenters. The Hall–Kier alpha value is -1.07. The second kappa shape index (κ2) is 6.20. The van der Waals surface area contributed by atoms with Gasteiger partial charge in [0.15, 0.2) is 0 Å². The largest absolute Gasteiger partial charge is 0.324 e. The van der Waals surface area contributed by atoms with E-state index < -0.39 is 10.0 Å². The highest BCUT2D eigenvalue weighted by Gasteiger charge is 2.11. The van der Waals surface area contributed by atoms with E-state index in [0.717, 1.165) is 5.56 Å². The van der Waals surface area contributed by atoms with Crippen LogP contribution in [-0.4, -0.2) is 14.2 Å². The Labute approximate surface area is 110 Å². The zero-order valence-electron chi connectivity index (χ0n) is 11.2. The topological polar surface area (TPSA) is 72.2 Å². The summed E-state index contributed by atoms with van der Waals surface area (Å²) in [6.07, 6.45) is 0.660. The molecule has 0 amide bonds. The molecule has 0 spiro atoms. The van der Waals surface area contributed by atoms with Gasteiger partial charge in [-0.15, -0.1) is 0 Å². The highest BCUT2D eigenvalue weighted by Crippen LogP contribution is 2.16. The smallest absolute Gasteiger partial charge is 0.232 e. The van der Waals surface area contributed by atoms with Crippen molar-refractivity contribution in [3.63, 3.8) is 0 Å². The minimum atomic E-state index is -3.24. The lowest BCUT2D eigenvalue weighted by Crippen LogP contribution is -2.18. The Bertz CT molecular complexity index is 464. The van der Waals surface area contributed by atoms with Gasteiger partial charge in [-0.2, -0.15) is 0 Å². The fourth-order valence-corrected chi connectivity index (χ4v) is 2.86. The zero-order valence-corrected chi connectivity index (χ0v) is 12.0. The van der Waals surface area contributed by atoms with Gasteiger partial charge >= 0.3 is 0 Å². The van der Waals surface area contributed by atoms with Gasteiger partial charge < -0.3 is 5.73 Å². The number of hydrogen-bond donors (Lipinski definition) is 2. The van der Waals surface area contributed by atoms with E-state index in [1.54, 1.807) is 12.1 Å². The lowest BCUT2D eigenvalue weighted by molar-refractivity contribution is 0.578. The molecule has 18 heavy (non-hydrogen) atoms. The van der Waals surface area contributed by atoms with Crippen molar-refractivity contribution in [3.05, 3.63) is 29.8 Å². The van der Waals surface area contributed by atoms with Crippen molar-refractivity contribution >= 4 is 15.7 Å². The normalized spacial score (nSPS) is 13.6. The van der Waals surface area contributed by atoms with Crippen molar-refractivity contribution in [1.82, 2.24) is 0 Å². The molecule has 3 N–H and O–H groups in total. The lowest BCUT2D eigenvalue weighted by Gasteiger charge is -2.11. The van der Waals surface area contributed by atoms with E-state index in [2.05, 4.69) is 4.72 Å². The fraction of sp³-hybridized carbons (Fsp3) is 0.538. The summed E-state index contributed by atoms with van der Waals surface area (Å²) in [7, 11) is -3.24. The number of rotatable bonds is 6. The van der Waals surface area contributed by atoms with Gasteiger partial charge in [0.25, 0.3) is 0 Å². The van der Waals surface area contributed by atoms with Crippen molar-refractivity contribution in [2.75, 3.05) is 10.5 Å². The highest BCUT2D eigenvalue weighted by molar-refractivity contribution is 7.92. The average molecular weight is 270 g/mol. The lowest BCUT2D eigenvalue weighted by atomic mass is 10.1. The van der Waals surface area contributed by atoms with Crippen molar-refractivity contribution in [2.45, 2.75) is 33.2 Å². The number of nitrogens with one attached hydrogen (secondary N) is 1. The first-order valence-electron chi connectivity index (χ1n) is 6.16. The number of hydrogen-bond acceptors (Lipinski definition) is 3. The summed E-state index contributed by atoms with van der Waals surface area (Å²) < 4.78 is 26.1. The Morgan fingerprint density at radius 1 is 1.17 bits per heavy atom. The Balaban J connectivity index is 2.66. The van der Waals surface area contributed by atoms with Gasteiger partial charge in [0.05, 0.1) is 5.75 Å². The molecule has 0 heterocycles. The Kier molecular flexibility index (Phi) is 5.16. The minimum Gasteiger partial charge on any atom is -0.324 e. The maximum absolute atomic E-state index is 11.8. The molecule has 0 aliphatic heterocycles. The molecular formula is C13H22N2O2S. The molecule has 5 heteroatoms. The van der Waals surface area contributed by atoms with Crippen molar-refractivity contribution < 1.29 is 8.42 Å². The van der Waals surface area contributed by atoms with Gasteiger partial charge in [-0.3, -0.25) is 4.72 Å². The van der Waals surface area contributed by atoms with E-state index in [4.69, 9.17) is 5.73 Å². The number of anilines is 1. The monoisotopic (exact) mass is 270 g/mol. The van der Waals surface area contributed by atoms with Crippen molar-refractivity contribution in [2.24, 2.45) is 11.7 Å².